The summed E-state index contributed by atoms with van der Waals surface area (Å²) in [6.45, 7) is 2.94. The van der Waals surface area contributed by atoms with Crippen molar-refractivity contribution in [3.05, 3.63) is 20.8 Å². The minimum absolute atomic E-state index is 0.0869. The van der Waals surface area contributed by atoms with Crippen LogP contribution in [0.3, 0.4) is 0 Å². The Morgan fingerprint density at radius 3 is 2.50 bits per heavy atom. The Morgan fingerprint density at radius 1 is 1.04 bits per heavy atom. The molecule has 0 bridgehead atoms. The lowest BCUT2D eigenvalue weighted by Gasteiger charge is -2.36. The van der Waals surface area contributed by atoms with Crippen molar-refractivity contribution in [3.63, 3.8) is 0 Å². The van der Waals surface area contributed by atoms with Crippen molar-refractivity contribution in [3.8, 4) is 0 Å². The van der Waals surface area contributed by atoms with Crippen LogP contribution < -0.4 is 10.5 Å². The molecule has 7 heteroatoms. The Balaban J connectivity index is 1.39. The Kier molecular flexibility index (Phi) is 4.65. The highest BCUT2D eigenvalue weighted by molar-refractivity contribution is 7.18. The number of aryl methyl sites for hydroxylation is 2. The lowest BCUT2D eigenvalue weighted by molar-refractivity contribution is -0.135. The third-order valence-corrected chi connectivity index (χ3v) is 7.94. The maximum Gasteiger partial charge on any atom is 0.263 e. The fourth-order valence-electron chi connectivity index (χ4n) is 5.12. The number of hydrogen-bond donors (Lipinski definition) is 0. The minimum atomic E-state index is 0.0869. The zero-order valence-electron chi connectivity index (χ0n) is 16.6. The van der Waals surface area contributed by atoms with Gasteiger partial charge in [0, 0.05) is 44.0 Å². The number of aromatic nitrogens is 2. The first-order valence-electron chi connectivity index (χ1n) is 10.7. The molecule has 0 spiro atoms. The molecule has 1 saturated carbocycles. The van der Waals surface area contributed by atoms with Gasteiger partial charge < -0.3 is 9.80 Å². The van der Waals surface area contributed by atoms with Crippen molar-refractivity contribution in [2.75, 3.05) is 31.1 Å². The molecule has 2 fully saturated rings. The first kappa shape index (κ1) is 18.2. The van der Waals surface area contributed by atoms with Crippen molar-refractivity contribution >= 4 is 33.4 Å². The van der Waals surface area contributed by atoms with Crippen LogP contribution in [0.2, 0.25) is 0 Å². The van der Waals surface area contributed by atoms with E-state index in [1.165, 1.54) is 36.1 Å². The third-order valence-electron chi connectivity index (χ3n) is 6.75. The van der Waals surface area contributed by atoms with E-state index < -0.39 is 0 Å². The highest BCUT2D eigenvalue weighted by atomic mass is 32.1. The van der Waals surface area contributed by atoms with Crippen LogP contribution in [0.25, 0.3) is 10.2 Å². The zero-order valence-corrected chi connectivity index (χ0v) is 17.4. The summed E-state index contributed by atoms with van der Waals surface area (Å²) < 4.78 is 1.72. The van der Waals surface area contributed by atoms with Gasteiger partial charge in [-0.1, -0.05) is 12.8 Å². The van der Waals surface area contributed by atoms with Crippen LogP contribution >= 0.6 is 11.3 Å². The van der Waals surface area contributed by atoms with Crippen molar-refractivity contribution < 1.29 is 4.79 Å². The normalized spacial score (nSPS) is 20.8. The number of fused-ring (bicyclic) bond motifs is 3. The first-order valence-corrected chi connectivity index (χ1v) is 11.5. The minimum Gasteiger partial charge on any atom is -0.339 e. The summed E-state index contributed by atoms with van der Waals surface area (Å²) in [5.74, 6) is 1.33. The van der Waals surface area contributed by atoms with Gasteiger partial charge in [0.25, 0.3) is 5.56 Å². The number of nitrogens with zero attached hydrogens (tertiary/aromatic N) is 4. The van der Waals surface area contributed by atoms with Gasteiger partial charge in [0.1, 0.15) is 4.83 Å². The number of anilines is 1. The van der Waals surface area contributed by atoms with Crippen LogP contribution in [0.15, 0.2) is 4.79 Å². The fraction of sp³-hybridized carbons (Fsp3) is 0.667. The van der Waals surface area contributed by atoms with E-state index >= 15 is 0 Å². The zero-order chi connectivity index (χ0) is 19.3. The molecule has 1 aliphatic heterocycles. The Morgan fingerprint density at radius 2 is 1.75 bits per heavy atom. The number of hydrogen-bond acceptors (Lipinski definition) is 5. The predicted octanol–water partition coefficient (Wildman–Crippen LogP) is 2.71. The smallest absolute Gasteiger partial charge is 0.263 e. The number of carbonyl (C=O) groups is 1. The Bertz CT molecular complexity index is 965. The standard InChI is InChI=1S/C21H28N4O2S/c1-23-20(27)17-15-8-4-5-9-16(15)28-18(17)22-21(23)25-12-10-24(11-13-25)19(26)14-6-2-3-7-14/h14H,2-13H2,1H3. The molecule has 0 radical (unpaired) electrons. The largest absolute Gasteiger partial charge is 0.339 e. The molecule has 2 aromatic rings. The van der Waals surface area contributed by atoms with Crippen LogP contribution in [-0.2, 0) is 24.7 Å². The van der Waals surface area contributed by atoms with Crippen LogP contribution in [0.5, 0.6) is 0 Å². The van der Waals surface area contributed by atoms with Crippen LogP contribution in [-0.4, -0.2) is 46.5 Å². The van der Waals surface area contributed by atoms with E-state index in [1.54, 1.807) is 15.9 Å². The van der Waals surface area contributed by atoms with E-state index in [2.05, 4.69) is 4.90 Å². The van der Waals surface area contributed by atoms with Gasteiger partial charge in [-0.15, -0.1) is 11.3 Å². The number of rotatable bonds is 2. The van der Waals surface area contributed by atoms with Crippen LogP contribution in [0.4, 0.5) is 5.95 Å². The van der Waals surface area contributed by atoms with Gasteiger partial charge in [0.05, 0.1) is 5.39 Å². The van der Waals surface area contributed by atoms with Gasteiger partial charge in [0.15, 0.2) is 0 Å². The lowest BCUT2D eigenvalue weighted by atomic mass is 9.97. The van der Waals surface area contributed by atoms with E-state index in [-0.39, 0.29) is 11.5 Å². The summed E-state index contributed by atoms with van der Waals surface area (Å²) in [5, 5.41) is 0.848. The predicted molar refractivity (Wildman–Crippen MR) is 112 cm³/mol. The topological polar surface area (TPSA) is 58.4 Å². The highest BCUT2D eigenvalue weighted by Crippen LogP contribution is 2.34. The van der Waals surface area contributed by atoms with Gasteiger partial charge in [-0.25, -0.2) is 4.98 Å². The van der Waals surface area contributed by atoms with E-state index in [0.717, 1.165) is 68.0 Å². The van der Waals surface area contributed by atoms with Crippen LogP contribution in [0, 0.1) is 5.92 Å². The monoisotopic (exact) mass is 400 g/mol. The average Bonchev–Trinajstić information content (AvgIpc) is 3.38. The number of amides is 1. The van der Waals surface area contributed by atoms with E-state index in [1.807, 2.05) is 11.9 Å². The highest BCUT2D eigenvalue weighted by Gasteiger charge is 2.31. The maximum atomic E-state index is 13.1. The maximum absolute atomic E-state index is 13.1. The van der Waals surface area contributed by atoms with E-state index in [4.69, 9.17) is 4.98 Å². The van der Waals surface area contributed by atoms with Crippen molar-refractivity contribution in [2.24, 2.45) is 13.0 Å². The Labute approximate surface area is 169 Å². The molecule has 1 amide bonds. The first-order chi connectivity index (χ1) is 13.6. The number of carbonyl (C=O) groups excluding carboxylic acids is 1. The summed E-state index contributed by atoms with van der Waals surface area (Å²) in [6, 6.07) is 0. The number of piperazine rings is 1. The molecule has 3 aliphatic rings. The molecule has 150 valence electrons. The average molecular weight is 401 g/mol. The molecule has 1 saturated heterocycles. The molecule has 3 heterocycles. The van der Waals surface area contributed by atoms with Gasteiger partial charge in [-0.2, -0.15) is 0 Å². The second kappa shape index (κ2) is 7.17. The summed E-state index contributed by atoms with van der Waals surface area (Å²) in [6.07, 6.45) is 8.94. The lowest BCUT2D eigenvalue weighted by Crippen LogP contribution is -2.51. The molecule has 0 aromatic carbocycles. The van der Waals surface area contributed by atoms with Crippen molar-refractivity contribution in [2.45, 2.75) is 51.4 Å². The second-order valence-electron chi connectivity index (χ2n) is 8.46. The third kappa shape index (κ3) is 2.95. The van der Waals surface area contributed by atoms with Crippen molar-refractivity contribution in [1.82, 2.24) is 14.5 Å². The molecular weight excluding hydrogens is 372 g/mol. The van der Waals surface area contributed by atoms with Gasteiger partial charge in [-0.3, -0.25) is 14.2 Å². The number of thiophene rings is 1. The second-order valence-corrected chi connectivity index (χ2v) is 9.54. The fourth-order valence-corrected chi connectivity index (χ4v) is 6.36. The molecule has 0 N–H and O–H groups in total. The molecule has 6 nitrogen and oxygen atoms in total. The van der Waals surface area contributed by atoms with E-state index in [9.17, 15) is 9.59 Å². The SMILES string of the molecule is Cn1c(N2CCN(C(=O)C3CCCC3)CC2)nc2sc3c(c2c1=O)CCCC3. The molecule has 5 rings (SSSR count). The van der Waals surface area contributed by atoms with Gasteiger partial charge >= 0.3 is 0 Å². The molecule has 0 atom stereocenters. The summed E-state index contributed by atoms with van der Waals surface area (Å²) >= 11 is 1.71. The molecular formula is C21H28N4O2S. The van der Waals surface area contributed by atoms with Crippen molar-refractivity contribution in [1.29, 1.82) is 0 Å². The van der Waals surface area contributed by atoms with Crippen LogP contribution in [0.1, 0.15) is 49.0 Å². The molecule has 2 aliphatic carbocycles. The summed E-state index contributed by atoms with van der Waals surface area (Å²) in [7, 11) is 1.84. The molecule has 28 heavy (non-hydrogen) atoms. The molecule has 2 aromatic heterocycles. The quantitative estimate of drug-likeness (QED) is 0.778. The summed E-state index contributed by atoms with van der Waals surface area (Å²) in [4.78, 5) is 37.2. The Hall–Kier alpha value is -1.89. The molecule has 0 unspecified atom stereocenters. The summed E-state index contributed by atoms with van der Waals surface area (Å²) in [5.41, 5.74) is 1.33. The van der Waals surface area contributed by atoms with E-state index in [0.29, 0.717) is 5.91 Å². The van der Waals surface area contributed by atoms with Gasteiger partial charge in [0.2, 0.25) is 11.9 Å². The van der Waals surface area contributed by atoms with Gasteiger partial charge in [-0.05, 0) is 44.1 Å².